The highest BCUT2D eigenvalue weighted by atomic mass is 14.2. The first kappa shape index (κ1) is 14.2. The van der Waals surface area contributed by atoms with Crippen LogP contribution in [-0.2, 0) is 0 Å². The summed E-state index contributed by atoms with van der Waals surface area (Å²) in [6, 6.07) is 32.8. The van der Waals surface area contributed by atoms with Gasteiger partial charge in [-0.3, -0.25) is 0 Å². The van der Waals surface area contributed by atoms with Gasteiger partial charge in [-0.2, -0.15) is 0 Å². The summed E-state index contributed by atoms with van der Waals surface area (Å²) in [7, 11) is 0. The number of aryl methyl sites for hydroxylation is 1. The van der Waals surface area contributed by atoms with Crippen molar-refractivity contribution >= 4 is 32.3 Å². The Balaban J connectivity index is 2.06. The predicted octanol–water partition coefficient (Wildman–Crippen LogP) is 7.12. The van der Waals surface area contributed by atoms with E-state index < -0.39 is 0 Å². The first-order valence-electron chi connectivity index (χ1n) is 8.72. The Kier molecular flexibility index (Phi) is 3.11. The number of rotatable bonds is 1. The number of hydrogen-bond acceptors (Lipinski definition) is 0. The largest absolute Gasteiger partial charge is 0.0622 e. The Morgan fingerprint density at radius 3 is 1.76 bits per heavy atom. The molecule has 0 unspecified atom stereocenters. The van der Waals surface area contributed by atoms with Crippen molar-refractivity contribution in [3.05, 3.63) is 96.6 Å². The van der Waals surface area contributed by atoms with Gasteiger partial charge >= 0.3 is 0 Å². The second-order valence-electron chi connectivity index (χ2n) is 6.66. The monoisotopic (exact) mass is 318 g/mol. The third-order valence-corrected chi connectivity index (χ3v) is 5.21. The van der Waals surface area contributed by atoms with Crippen molar-refractivity contribution in [3.63, 3.8) is 0 Å². The lowest BCUT2D eigenvalue weighted by Crippen LogP contribution is -1.90. The fraction of sp³-hybridized carbons (Fsp3) is 0.0400. The van der Waals surface area contributed by atoms with Gasteiger partial charge in [-0.15, -0.1) is 0 Å². The minimum absolute atomic E-state index is 1.28. The average molecular weight is 318 g/mol. The van der Waals surface area contributed by atoms with E-state index in [-0.39, 0.29) is 0 Å². The molecule has 5 rings (SSSR count). The van der Waals surface area contributed by atoms with Crippen LogP contribution in [0.5, 0.6) is 0 Å². The Hall–Kier alpha value is -3.12. The number of fused-ring (bicyclic) bond motifs is 4. The maximum Gasteiger partial charge on any atom is -0.00695 e. The molecule has 5 aromatic carbocycles. The topological polar surface area (TPSA) is 0 Å². The highest BCUT2D eigenvalue weighted by Gasteiger charge is 2.13. The molecular formula is C25H18. The van der Waals surface area contributed by atoms with Crippen LogP contribution >= 0.6 is 0 Å². The van der Waals surface area contributed by atoms with Gasteiger partial charge in [0, 0.05) is 0 Å². The lowest BCUT2D eigenvalue weighted by atomic mass is 9.87. The highest BCUT2D eigenvalue weighted by Crippen LogP contribution is 2.40. The SMILES string of the molecule is Cc1c(-c2ccccc2)c2cc3ccccc3cc2c2ccccc12. The Morgan fingerprint density at radius 2 is 1.04 bits per heavy atom. The van der Waals surface area contributed by atoms with Crippen LogP contribution in [0.4, 0.5) is 0 Å². The predicted molar refractivity (Wildman–Crippen MR) is 109 cm³/mol. The standard InChI is InChI=1S/C25H18/c1-17-21-13-7-8-14-22(21)23-15-19-11-5-6-12-20(19)16-24(23)25(17)18-9-3-2-4-10-18/h2-16H,1H3. The summed E-state index contributed by atoms with van der Waals surface area (Å²) in [6.45, 7) is 2.25. The van der Waals surface area contributed by atoms with Gasteiger partial charge in [0.25, 0.3) is 0 Å². The maximum atomic E-state index is 2.35. The molecule has 118 valence electrons. The van der Waals surface area contributed by atoms with Crippen molar-refractivity contribution in [2.75, 3.05) is 0 Å². The zero-order valence-corrected chi connectivity index (χ0v) is 14.2. The molecule has 0 aliphatic rings. The lowest BCUT2D eigenvalue weighted by molar-refractivity contribution is 1.53. The molecule has 0 saturated heterocycles. The summed E-state index contributed by atoms with van der Waals surface area (Å²) in [5.74, 6) is 0. The van der Waals surface area contributed by atoms with E-state index in [0.717, 1.165) is 0 Å². The maximum absolute atomic E-state index is 2.35. The van der Waals surface area contributed by atoms with E-state index in [4.69, 9.17) is 0 Å². The lowest BCUT2D eigenvalue weighted by Gasteiger charge is -2.16. The van der Waals surface area contributed by atoms with Crippen LogP contribution in [0.3, 0.4) is 0 Å². The fourth-order valence-corrected chi connectivity index (χ4v) is 4.03. The number of hydrogen-bond donors (Lipinski definition) is 0. The molecule has 0 heteroatoms. The smallest absolute Gasteiger partial charge is 0.00695 e. The third kappa shape index (κ3) is 2.15. The van der Waals surface area contributed by atoms with Gasteiger partial charge in [-0.05, 0) is 68.1 Å². The van der Waals surface area contributed by atoms with Gasteiger partial charge < -0.3 is 0 Å². The normalized spacial score (nSPS) is 11.4. The van der Waals surface area contributed by atoms with Crippen LogP contribution in [0.2, 0.25) is 0 Å². The van der Waals surface area contributed by atoms with Crippen molar-refractivity contribution in [1.82, 2.24) is 0 Å². The summed E-state index contributed by atoms with van der Waals surface area (Å²) in [4.78, 5) is 0. The molecule has 0 aromatic heterocycles. The van der Waals surface area contributed by atoms with Crippen LogP contribution in [0.1, 0.15) is 5.56 Å². The first-order chi connectivity index (χ1) is 12.3. The number of benzene rings is 5. The van der Waals surface area contributed by atoms with Gasteiger partial charge in [-0.1, -0.05) is 78.9 Å². The third-order valence-electron chi connectivity index (χ3n) is 5.21. The van der Waals surface area contributed by atoms with Crippen LogP contribution in [0.15, 0.2) is 91.0 Å². The molecule has 0 saturated carbocycles. The van der Waals surface area contributed by atoms with Crippen LogP contribution in [0.25, 0.3) is 43.4 Å². The molecule has 0 radical (unpaired) electrons. The van der Waals surface area contributed by atoms with E-state index in [1.807, 2.05) is 0 Å². The van der Waals surface area contributed by atoms with E-state index >= 15 is 0 Å². The molecule has 0 N–H and O–H groups in total. The highest BCUT2D eigenvalue weighted by molar-refractivity contribution is 6.19. The van der Waals surface area contributed by atoms with E-state index in [0.29, 0.717) is 0 Å². The molecule has 25 heavy (non-hydrogen) atoms. The van der Waals surface area contributed by atoms with Gasteiger partial charge in [0.2, 0.25) is 0 Å². The van der Waals surface area contributed by atoms with Crippen molar-refractivity contribution in [3.8, 4) is 11.1 Å². The van der Waals surface area contributed by atoms with Crippen LogP contribution < -0.4 is 0 Å². The van der Waals surface area contributed by atoms with Gasteiger partial charge in [-0.25, -0.2) is 0 Å². The van der Waals surface area contributed by atoms with E-state index in [9.17, 15) is 0 Å². The molecular weight excluding hydrogens is 300 g/mol. The van der Waals surface area contributed by atoms with Crippen molar-refractivity contribution < 1.29 is 0 Å². The zero-order chi connectivity index (χ0) is 16.8. The minimum atomic E-state index is 1.28. The van der Waals surface area contributed by atoms with Gasteiger partial charge in [0.15, 0.2) is 0 Å². The zero-order valence-electron chi connectivity index (χ0n) is 14.2. The minimum Gasteiger partial charge on any atom is -0.0622 e. The van der Waals surface area contributed by atoms with Gasteiger partial charge in [0.05, 0.1) is 0 Å². The van der Waals surface area contributed by atoms with Crippen LogP contribution in [-0.4, -0.2) is 0 Å². The molecule has 0 amide bonds. The summed E-state index contributed by atoms with van der Waals surface area (Å²) in [5, 5.41) is 7.93. The average Bonchev–Trinajstić information content (AvgIpc) is 2.68. The second kappa shape index (κ2) is 5.46. The molecule has 0 spiro atoms. The molecule has 0 bridgehead atoms. The first-order valence-corrected chi connectivity index (χ1v) is 8.72. The summed E-state index contributed by atoms with van der Waals surface area (Å²) in [5.41, 5.74) is 3.98. The molecule has 0 aliphatic heterocycles. The van der Waals surface area contributed by atoms with Crippen molar-refractivity contribution in [1.29, 1.82) is 0 Å². The molecule has 0 nitrogen and oxygen atoms in total. The summed E-state index contributed by atoms with van der Waals surface area (Å²) in [6.07, 6.45) is 0. The fourth-order valence-electron chi connectivity index (χ4n) is 4.03. The van der Waals surface area contributed by atoms with E-state index in [1.54, 1.807) is 0 Å². The Morgan fingerprint density at radius 1 is 0.480 bits per heavy atom. The Bertz CT molecular complexity index is 1230. The van der Waals surface area contributed by atoms with Crippen molar-refractivity contribution in [2.24, 2.45) is 0 Å². The molecule has 0 fully saturated rings. The molecule has 0 aliphatic carbocycles. The summed E-state index contributed by atoms with van der Waals surface area (Å²) >= 11 is 0. The molecule has 5 aromatic rings. The Labute approximate surface area is 147 Å². The molecule has 0 atom stereocenters. The van der Waals surface area contributed by atoms with Gasteiger partial charge in [0.1, 0.15) is 0 Å². The van der Waals surface area contributed by atoms with E-state index in [2.05, 4.69) is 97.9 Å². The second-order valence-corrected chi connectivity index (χ2v) is 6.66. The van der Waals surface area contributed by atoms with Crippen molar-refractivity contribution in [2.45, 2.75) is 6.92 Å². The molecule has 0 heterocycles. The van der Waals surface area contributed by atoms with E-state index in [1.165, 1.54) is 49.0 Å². The quantitative estimate of drug-likeness (QED) is 0.228. The summed E-state index contributed by atoms with van der Waals surface area (Å²) < 4.78 is 0. The van der Waals surface area contributed by atoms with Crippen LogP contribution in [0, 0.1) is 6.92 Å².